The highest BCUT2D eigenvalue weighted by atomic mass is 35.5. The third-order valence-electron chi connectivity index (χ3n) is 5.23. The quantitative estimate of drug-likeness (QED) is 0.0731. The number of nitrogens with two attached hydrogens (primary N) is 1. The standard InChI is InChI=1S/C20H22ClN3O2.C10H10.C2H6.CH4O/c21-19-9-7-17(8-10-19)16-24-13-5-6-18(20(22)26)11-14-23-12-3-1-2-4-15-25;1-2-5-9-7-4-8-10(9)6-3-1;2*1-2/h5-16H,1-4H2,(H2,22,26);1-2,5-6H,4,7-8H2;1-2H3;2H,1H3/b13-5+,14-11+,18-6+,23-12?,24-16?;;;. The Labute approximate surface area is 244 Å². The second kappa shape index (κ2) is 25.4. The molecule has 0 aliphatic heterocycles. The van der Waals surface area contributed by atoms with Gasteiger partial charge in [0.1, 0.15) is 6.29 Å². The fraction of sp³-hybridized carbons (Fsp3) is 0.303. The van der Waals surface area contributed by atoms with Crippen molar-refractivity contribution in [2.45, 2.75) is 58.8 Å². The van der Waals surface area contributed by atoms with Crippen molar-refractivity contribution < 1.29 is 14.7 Å². The first-order valence-corrected chi connectivity index (χ1v) is 13.8. The molecule has 1 aromatic carbocycles. The molecular formula is C33H42ClN3O3. The molecule has 3 rings (SSSR count). The number of nitrogens with zero attached hydrogens (tertiary/aromatic N) is 2. The lowest BCUT2D eigenvalue weighted by Gasteiger charge is -1.93. The Morgan fingerprint density at radius 3 is 2.45 bits per heavy atom. The molecule has 0 radical (unpaired) electrons. The van der Waals surface area contributed by atoms with Gasteiger partial charge in [-0.05, 0) is 97.7 Å². The lowest BCUT2D eigenvalue weighted by atomic mass is 10.1. The fourth-order valence-electron chi connectivity index (χ4n) is 3.33. The van der Waals surface area contributed by atoms with E-state index in [2.05, 4.69) is 33.9 Å². The molecule has 6 nitrogen and oxygen atoms in total. The van der Waals surface area contributed by atoms with Crippen LogP contribution in [-0.2, 0) is 9.59 Å². The van der Waals surface area contributed by atoms with Gasteiger partial charge in [-0.15, -0.1) is 5.73 Å². The number of primary amides is 1. The topological polar surface area (TPSA) is 105 Å². The van der Waals surface area contributed by atoms with Crippen molar-refractivity contribution in [2.75, 3.05) is 7.11 Å². The van der Waals surface area contributed by atoms with Gasteiger partial charge in [0.05, 0.1) is 0 Å². The molecule has 0 atom stereocenters. The molecule has 1 aromatic rings. The number of aliphatic hydroxyl groups excluding tert-OH is 1. The molecule has 0 saturated heterocycles. The molecular weight excluding hydrogens is 522 g/mol. The van der Waals surface area contributed by atoms with Gasteiger partial charge >= 0.3 is 0 Å². The van der Waals surface area contributed by atoms with Gasteiger partial charge in [-0.3, -0.25) is 14.8 Å². The highest BCUT2D eigenvalue weighted by molar-refractivity contribution is 6.30. The van der Waals surface area contributed by atoms with E-state index in [0.717, 1.165) is 38.2 Å². The zero-order chi connectivity index (χ0) is 29.8. The number of carbonyl (C=O) groups excluding carboxylic acids is 2. The number of allylic oxidation sites excluding steroid dienone is 7. The molecule has 0 saturated carbocycles. The summed E-state index contributed by atoms with van der Waals surface area (Å²) >= 11 is 5.81. The van der Waals surface area contributed by atoms with Crippen LogP contribution >= 0.6 is 11.6 Å². The van der Waals surface area contributed by atoms with E-state index in [4.69, 9.17) is 22.4 Å². The van der Waals surface area contributed by atoms with E-state index in [1.54, 1.807) is 42.9 Å². The summed E-state index contributed by atoms with van der Waals surface area (Å²) in [4.78, 5) is 29.8. The van der Waals surface area contributed by atoms with Crippen molar-refractivity contribution in [3.05, 3.63) is 112 Å². The first-order valence-electron chi connectivity index (χ1n) is 13.4. The zero-order valence-electron chi connectivity index (χ0n) is 23.8. The number of halogens is 1. The summed E-state index contributed by atoms with van der Waals surface area (Å²) in [6.45, 7) is 4.00. The van der Waals surface area contributed by atoms with Gasteiger partial charge in [0.2, 0.25) is 5.91 Å². The Morgan fingerprint density at radius 2 is 1.75 bits per heavy atom. The minimum absolute atomic E-state index is 0.320. The van der Waals surface area contributed by atoms with Gasteiger partial charge in [-0.25, -0.2) is 0 Å². The number of unbranched alkanes of at least 4 members (excludes halogenated alkanes) is 3. The molecule has 2 aliphatic carbocycles. The van der Waals surface area contributed by atoms with Crippen LogP contribution in [-0.4, -0.2) is 36.8 Å². The first kappa shape index (κ1) is 36.2. The van der Waals surface area contributed by atoms with Crippen molar-refractivity contribution in [3.8, 4) is 0 Å². The van der Waals surface area contributed by atoms with E-state index in [9.17, 15) is 9.59 Å². The number of aldehydes is 1. The number of hydrogen-bond donors (Lipinski definition) is 2. The first-order chi connectivity index (χ1) is 19.6. The van der Waals surface area contributed by atoms with E-state index >= 15 is 0 Å². The van der Waals surface area contributed by atoms with Crippen LogP contribution < -0.4 is 5.73 Å². The molecule has 1 amide bonds. The smallest absolute Gasteiger partial charge is 0.248 e. The molecule has 0 bridgehead atoms. The molecule has 0 fully saturated rings. The van der Waals surface area contributed by atoms with Crippen LogP contribution in [0.2, 0.25) is 5.02 Å². The van der Waals surface area contributed by atoms with E-state index in [1.165, 1.54) is 42.7 Å². The van der Waals surface area contributed by atoms with Crippen LogP contribution in [0.4, 0.5) is 0 Å². The van der Waals surface area contributed by atoms with Crippen LogP contribution in [0.3, 0.4) is 0 Å². The van der Waals surface area contributed by atoms with Crippen LogP contribution in [0.5, 0.6) is 0 Å². The summed E-state index contributed by atoms with van der Waals surface area (Å²) in [7, 11) is 1.00. The summed E-state index contributed by atoms with van der Waals surface area (Å²) in [5.74, 6) is -0.547. The van der Waals surface area contributed by atoms with Crippen LogP contribution in [0.1, 0.15) is 64.4 Å². The Hall–Kier alpha value is -3.83. The number of amides is 1. The van der Waals surface area contributed by atoms with Gasteiger partial charge in [0.25, 0.3) is 0 Å². The Kier molecular flexibility index (Phi) is 23.0. The second-order valence-corrected chi connectivity index (χ2v) is 8.43. The predicted octanol–water partition coefficient (Wildman–Crippen LogP) is 7.41. The maximum absolute atomic E-state index is 11.4. The van der Waals surface area contributed by atoms with Gasteiger partial charge in [-0.2, -0.15) is 0 Å². The Balaban J connectivity index is 0.000000888. The molecule has 0 heterocycles. The lowest BCUT2D eigenvalue weighted by Crippen LogP contribution is -2.12. The average Bonchev–Trinajstić information content (AvgIpc) is 3.31. The van der Waals surface area contributed by atoms with Crippen LogP contribution in [0.15, 0.2) is 112 Å². The molecule has 7 heteroatoms. The largest absolute Gasteiger partial charge is 0.400 e. The van der Waals surface area contributed by atoms with Gasteiger partial charge in [0.15, 0.2) is 0 Å². The second-order valence-electron chi connectivity index (χ2n) is 8.00. The van der Waals surface area contributed by atoms with E-state index in [-0.39, 0.29) is 0 Å². The van der Waals surface area contributed by atoms with Gasteiger partial charge in [-0.1, -0.05) is 49.7 Å². The van der Waals surface area contributed by atoms with Crippen LogP contribution in [0, 0.1) is 0 Å². The average molecular weight is 564 g/mol. The third kappa shape index (κ3) is 17.6. The van der Waals surface area contributed by atoms with Gasteiger partial charge in [0, 0.05) is 49.0 Å². The number of aliphatic hydroxyl groups is 1. The number of carbonyl (C=O) groups is 2. The minimum atomic E-state index is -0.547. The van der Waals surface area contributed by atoms with Crippen molar-refractivity contribution in [1.82, 2.24) is 0 Å². The number of hydrogen-bond acceptors (Lipinski definition) is 5. The fourth-order valence-corrected chi connectivity index (χ4v) is 3.46. The van der Waals surface area contributed by atoms with Gasteiger partial charge < -0.3 is 15.6 Å². The highest BCUT2D eigenvalue weighted by Gasteiger charge is 2.09. The summed E-state index contributed by atoms with van der Waals surface area (Å²) in [6.07, 6.45) is 27.5. The van der Waals surface area contributed by atoms with E-state index < -0.39 is 5.91 Å². The van der Waals surface area contributed by atoms with Crippen molar-refractivity contribution in [3.63, 3.8) is 0 Å². The molecule has 0 aromatic heterocycles. The highest BCUT2D eigenvalue weighted by Crippen LogP contribution is 2.28. The number of rotatable bonds is 11. The summed E-state index contributed by atoms with van der Waals surface area (Å²) in [5, 5.41) is 7.67. The maximum Gasteiger partial charge on any atom is 0.248 e. The molecule has 40 heavy (non-hydrogen) atoms. The molecule has 3 N–H and O–H groups in total. The van der Waals surface area contributed by atoms with Crippen molar-refractivity contribution >= 4 is 36.2 Å². The third-order valence-corrected chi connectivity index (χ3v) is 5.48. The summed E-state index contributed by atoms with van der Waals surface area (Å²) in [6, 6.07) is 7.27. The van der Waals surface area contributed by atoms with E-state index in [1.807, 2.05) is 32.1 Å². The summed E-state index contributed by atoms with van der Waals surface area (Å²) < 4.78 is 0. The zero-order valence-corrected chi connectivity index (χ0v) is 24.6. The monoisotopic (exact) mass is 563 g/mol. The van der Waals surface area contributed by atoms with Crippen molar-refractivity contribution in [2.24, 2.45) is 15.7 Å². The number of aliphatic imine (C=N–C) groups is 2. The van der Waals surface area contributed by atoms with E-state index in [0.29, 0.717) is 17.0 Å². The molecule has 214 valence electrons. The Morgan fingerprint density at radius 1 is 1.05 bits per heavy atom. The molecule has 0 unspecified atom stereocenters. The lowest BCUT2D eigenvalue weighted by molar-refractivity contribution is -0.114. The maximum atomic E-state index is 11.4. The Bertz CT molecular complexity index is 1150. The summed E-state index contributed by atoms with van der Waals surface area (Å²) in [5.41, 5.74) is 12.7. The number of benzene rings is 1. The SMILES string of the molecule is C1=CC=CC2=C(C=1)CCC2.CC.CO.NC(=O)C(/C=C/N=CCCCCC=O)=C/C=C/N=Cc1ccc(Cl)cc1. The predicted molar refractivity (Wildman–Crippen MR) is 170 cm³/mol. The normalized spacial score (nSPS) is 14.0. The minimum Gasteiger partial charge on any atom is -0.400 e. The van der Waals surface area contributed by atoms with Crippen molar-refractivity contribution in [1.29, 1.82) is 0 Å². The van der Waals surface area contributed by atoms with Crippen LogP contribution in [0.25, 0.3) is 0 Å². The molecule has 0 spiro atoms. The molecule has 2 aliphatic rings.